The molecule has 4 nitrogen and oxygen atoms in total. The van der Waals surface area contributed by atoms with E-state index in [0.29, 0.717) is 12.3 Å². The van der Waals surface area contributed by atoms with E-state index >= 15 is 0 Å². The minimum atomic E-state index is -0.387. The zero-order valence-corrected chi connectivity index (χ0v) is 14.9. The third-order valence-corrected chi connectivity index (χ3v) is 4.54. The van der Waals surface area contributed by atoms with Gasteiger partial charge in [-0.2, -0.15) is 0 Å². The fourth-order valence-corrected chi connectivity index (χ4v) is 3.18. The molecule has 0 heterocycles. The molecule has 1 amide bonds. The second-order valence-corrected chi connectivity index (χ2v) is 6.52. The lowest BCUT2D eigenvalue weighted by atomic mass is 10.2. The van der Waals surface area contributed by atoms with E-state index in [1.165, 1.54) is 18.9 Å². The van der Waals surface area contributed by atoms with Gasteiger partial charge in [0, 0.05) is 15.9 Å². The molecule has 21 heavy (non-hydrogen) atoms. The maximum absolute atomic E-state index is 12.2. The fraction of sp³-hybridized carbons (Fsp3) is 0.467. The van der Waals surface area contributed by atoms with Crippen LogP contribution in [0.2, 0.25) is 0 Å². The standard InChI is InChI=1S/C15H20BrNO3S/c1-4-7-17(9-15(19)20-3)14(18)10-21-13-6-5-12(16)8-11(13)2/h5-6,8H,4,7,9-10H2,1-3H3. The number of nitrogens with zero attached hydrogens (tertiary/aromatic N) is 1. The Labute approximate surface area is 138 Å². The maximum Gasteiger partial charge on any atom is 0.325 e. The Morgan fingerprint density at radius 2 is 2.10 bits per heavy atom. The predicted octanol–water partition coefficient (Wildman–Crippen LogP) is 3.26. The van der Waals surface area contributed by atoms with Gasteiger partial charge < -0.3 is 9.64 Å². The average molecular weight is 374 g/mol. The van der Waals surface area contributed by atoms with Crippen LogP contribution in [0, 0.1) is 6.92 Å². The number of benzene rings is 1. The number of thioether (sulfide) groups is 1. The summed E-state index contributed by atoms with van der Waals surface area (Å²) in [5.41, 5.74) is 1.12. The maximum atomic E-state index is 12.2. The van der Waals surface area contributed by atoms with Crippen LogP contribution in [0.25, 0.3) is 0 Å². The van der Waals surface area contributed by atoms with Crippen LogP contribution in [-0.4, -0.2) is 42.7 Å². The summed E-state index contributed by atoms with van der Waals surface area (Å²) in [6.07, 6.45) is 0.810. The summed E-state index contributed by atoms with van der Waals surface area (Å²) in [5, 5.41) is 0. The van der Waals surface area contributed by atoms with Gasteiger partial charge in [-0.15, -0.1) is 11.8 Å². The normalized spacial score (nSPS) is 10.3. The van der Waals surface area contributed by atoms with Crippen molar-refractivity contribution in [3.8, 4) is 0 Å². The van der Waals surface area contributed by atoms with E-state index in [1.807, 2.05) is 32.0 Å². The van der Waals surface area contributed by atoms with Crippen molar-refractivity contribution in [3.05, 3.63) is 28.2 Å². The van der Waals surface area contributed by atoms with Crippen molar-refractivity contribution in [1.82, 2.24) is 4.90 Å². The molecule has 1 rings (SSSR count). The summed E-state index contributed by atoms with van der Waals surface area (Å²) in [4.78, 5) is 26.2. The quantitative estimate of drug-likeness (QED) is 0.543. The molecule has 0 spiro atoms. The number of aryl methyl sites for hydroxylation is 1. The number of halogens is 1. The Morgan fingerprint density at radius 1 is 1.38 bits per heavy atom. The topological polar surface area (TPSA) is 46.6 Å². The van der Waals surface area contributed by atoms with Gasteiger partial charge >= 0.3 is 5.97 Å². The van der Waals surface area contributed by atoms with E-state index in [9.17, 15) is 9.59 Å². The minimum Gasteiger partial charge on any atom is -0.468 e. The summed E-state index contributed by atoms with van der Waals surface area (Å²) in [6.45, 7) is 4.57. The van der Waals surface area contributed by atoms with Crippen LogP contribution < -0.4 is 0 Å². The molecule has 1 aromatic rings. The minimum absolute atomic E-state index is 0.0169. The molecule has 116 valence electrons. The number of esters is 1. The summed E-state index contributed by atoms with van der Waals surface area (Å²) in [7, 11) is 1.33. The Balaban J connectivity index is 2.62. The molecule has 0 aliphatic carbocycles. The molecule has 1 aromatic carbocycles. The van der Waals surface area contributed by atoms with Crippen molar-refractivity contribution < 1.29 is 14.3 Å². The second kappa shape index (κ2) is 9.10. The van der Waals surface area contributed by atoms with Gasteiger partial charge in [0.1, 0.15) is 6.54 Å². The molecule has 0 radical (unpaired) electrons. The van der Waals surface area contributed by atoms with Crippen molar-refractivity contribution in [2.75, 3.05) is 26.0 Å². The van der Waals surface area contributed by atoms with Crippen LogP contribution in [0.4, 0.5) is 0 Å². The zero-order chi connectivity index (χ0) is 15.8. The van der Waals surface area contributed by atoms with Crippen LogP contribution in [0.3, 0.4) is 0 Å². The summed E-state index contributed by atoms with van der Waals surface area (Å²) in [6, 6.07) is 5.96. The largest absolute Gasteiger partial charge is 0.468 e. The number of amides is 1. The molecule has 0 bridgehead atoms. The molecule has 0 aliphatic rings. The van der Waals surface area contributed by atoms with Crippen LogP contribution in [0.5, 0.6) is 0 Å². The molecular weight excluding hydrogens is 354 g/mol. The molecule has 0 fully saturated rings. The highest BCUT2D eigenvalue weighted by Gasteiger charge is 2.17. The van der Waals surface area contributed by atoms with E-state index in [0.717, 1.165) is 21.4 Å². The van der Waals surface area contributed by atoms with Crippen LogP contribution in [-0.2, 0) is 14.3 Å². The zero-order valence-electron chi connectivity index (χ0n) is 12.5. The number of hydrogen-bond donors (Lipinski definition) is 0. The molecule has 0 atom stereocenters. The van der Waals surface area contributed by atoms with Gasteiger partial charge in [-0.25, -0.2) is 0 Å². The van der Waals surface area contributed by atoms with Gasteiger partial charge in [-0.3, -0.25) is 9.59 Å². The Bertz CT molecular complexity index is 508. The van der Waals surface area contributed by atoms with E-state index in [-0.39, 0.29) is 18.4 Å². The molecule has 0 saturated carbocycles. The fourth-order valence-electron chi connectivity index (χ4n) is 1.79. The first-order valence-electron chi connectivity index (χ1n) is 6.71. The van der Waals surface area contributed by atoms with Crippen molar-refractivity contribution in [1.29, 1.82) is 0 Å². The first kappa shape index (κ1) is 18.0. The molecule has 0 aromatic heterocycles. The summed E-state index contributed by atoms with van der Waals surface area (Å²) >= 11 is 4.91. The first-order chi connectivity index (χ1) is 9.97. The highest BCUT2D eigenvalue weighted by atomic mass is 79.9. The van der Waals surface area contributed by atoms with Gasteiger partial charge in [0.2, 0.25) is 5.91 Å². The molecule has 0 unspecified atom stereocenters. The van der Waals surface area contributed by atoms with Gasteiger partial charge in [0.25, 0.3) is 0 Å². The second-order valence-electron chi connectivity index (χ2n) is 4.59. The Morgan fingerprint density at radius 3 is 2.67 bits per heavy atom. The van der Waals surface area contributed by atoms with Gasteiger partial charge in [0.15, 0.2) is 0 Å². The van der Waals surface area contributed by atoms with Gasteiger partial charge in [-0.1, -0.05) is 22.9 Å². The number of hydrogen-bond acceptors (Lipinski definition) is 4. The van der Waals surface area contributed by atoms with Crippen LogP contribution in [0.15, 0.2) is 27.6 Å². The molecular formula is C15H20BrNO3S. The van der Waals surface area contributed by atoms with E-state index < -0.39 is 0 Å². The summed E-state index contributed by atoms with van der Waals surface area (Å²) in [5.74, 6) is -0.115. The van der Waals surface area contributed by atoms with Gasteiger partial charge in [0.05, 0.1) is 12.9 Å². The number of ether oxygens (including phenoxy) is 1. The SMILES string of the molecule is CCCN(CC(=O)OC)C(=O)CSc1ccc(Br)cc1C. The van der Waals surface area contributed by atoms with Gasteiger partial charge in [-0.05, 0) is 37.1 Å². The smallest absolute Gasteiger partial charge is 0.325 e. The molecule has 6 heteroatoms. The van der Waals surface area contributed by atoms with E-state index in [1.54, 1.807) is 4.90 Å². The third-order valence-electron chi connectivity index (χ3n) is 2.88. The first-order valence-corrected chi connectivity index (χ1v) is 8.49. The number of methoxy groups -OCH3 is 1. The monoisotopic (exact) mass is 373 g/mol. The number of rotatable bonds is 7. The molecule has 0 aliphatic heterocycles. The lowest BCUT2D eigenvalue weighted by Crippen LogP contribution is -2.37. The average Bonchev–Trinajstić information content (AvgIpc) is 2.45. The van der Waals surface area contributed by atoms with Crippen molar-refractivity contribution in [3.63, 3.8) is 0 Å². The van der Waals surface area contributed by atoms with Crippen molar-refractivity contribution in [2.24, 2.45) is 0 Å². The van der Waals surface area contributed by atoms with E-state index in [4.69, 9.17) is 0 Å². The van der Waals surface area contributed by atoms with Crippen molar-refractivity contribution in [2.45, 2.75) is 25.2 Å². The lowest BCUT2D eigenvalue weighted by Gasteiger charge is -2.20. The third kappa shape index (κ3) is 6.09. The highest BCUT2D eigenvalue weighted by molar-refractivity contribution is 9.10. The Kier molecular flexibility index (Phi) is 7.82. The predicted molar refractivity (Wildman–Crippen MR) is 88.5 cm³/mol. The summed E-state index contributed by atoms with van der Waals surface area (Å²) < 4.78 is 5.65. The lowest BCUT2D eigenvalue weighted by molar-refractivity contribution is -0.146. The van der Waals surface area contributed by atoms with Crippen LogP contribution >= 0.6 is 27.7 Å². The van der Waals surface area contributed by atoms with Crippen LogP contribution in [0.1, 0.15) is 18.9 Å². The van der Waals surface area contributed by atoms with Crippen molar-refractivity contribution >= 4 is 39.6 Å². The highest BCUT2D eigenvalue weighted by Crippen LogP contribution is 2.25. The van der Waals surface area contributed by atoms with E-state index in [2.05, 4.69) is 20.7 Å². The molecule has 0 N–H and O–H groups in total. The number of carbonyl (C=O) groups is 2. The Hall–Kier alpha value is -1.01. The number of carbonyl (C=O) groups excluding carboxylic acids is 2. The molecule has 0 saturated heterocycles.